The molecule has 3 rings (SSSR count). The van der Waals surface area contributed by atoms with Crippen molar-refractivity contribution in [3.8, 4) is 17.5 Å². The number of anilines is 1. The smallest absolute Gasteiger partial charge is 0.337 e. The highest BCUT2D eigenvalue weighted by Crippen LogP contribution is 2.29. The van der Waals surface area contributed by atoms with Gasteiger partial charge in [-0.25, -0.2) is 4.79 Å². The standard InChI is InChI=1S/C26H24ClN3O4/c1-5-34-22-9-7-21(8-10-22)29-25(31)20(15-28)13-19-12-16(2)30(17(19)3)24-14-18(26(32)33-4)6-11-23(24)27/h6-14H,5H2,1-4H3,(H,29,31)/b20-13-. The zero-order valence-electron chi connectivity index (χ0n) is 19.3. The van der Waals surface area contributed by atoms with Crippen molar-refractivity contribution in [1.29, 1.82) is 5.26 Å². The molecule has 0 unspecified atom stereocenters. The van der Waals surface area contributed by atoms with E-state index in [-0.39, 0.29) is 5.57 Å². The molecule has 34 heavy (non-hydrogen) atoms. The van der Waals surface area contributed by atoms with Gasteiger partial charge in [-0.15, -0.1) is 0 Å². The van der Waals surface area contributed by atoms with Crippen LogP contribution in [0.1, 0.15) is 34.2 Å². The Balaban J connectivity index is 1.93. The van der Waals surface area contributed by atoms with Gasteiger partial charge in [-0.3, -0.25) is 4.79 Å². The van der Waals surface area contributed by atoms with Crippen LogP contribution in [0.25, 0.3) is 11.8 Å². The van der Waals surface area contributed by atoms with Gasteiger partial charge in [-0.1, -0.05) is 11.6 Å². The highest BCUT2D eigenvalue weighted by Gasteiger charge is 2.17. The molecule has 0 saturated carbocycles. The van der Waals surface area contributed by atoms with Crippen LogP contribution in [0.4, 0.5) is 5.69 Å². The average Bonchev–Trinajstić information content (AvgIpc) is 3.11. The van der Waals surface area contributed by atoms with E-state index in [2.05, 4.69) is 5.32 Å². The summed E-state index contributed by atoms with van der Waals surface area (Å²) in [6.45, 7) is 6.15. The summed E-state index contributed by atoms with van der Waals surface area (Å²) in [6.07, 6.45) is 1.53. The molecular formula is C26H24ClN3O4. The lowest BCUT2D eigenvalue weighted by molar-refractivity contribution is -0.112. The third-order valence-corrected chi connectivity index (χ3v) is 5.49. The van der Waals surface area contributed by atoms with Crippen molar-refractivity contribution >= 4 is 35.2 Å². The first-order valence-electron chi connectivity index (χ1n) is 10.5. The quantitative estimate of drug-likeness (QED) is 0.276. The van der Waals surface area contributed by atoms with E-state index in [1.165, 1.54) is 13.2 Å². The second-order valence-corrected chi connectivity index (χ2v) is 7.81. The minimum atomic E-state index is -0.526. The summed E-state index contributed by atoms with van der Waals surface area (Å²) in [5.41, 5.74) is 3.70. The molecule has 2 aromatic carbocycles. The highest BCUT2D eigenvalue weighted by molar-refractivity contribution is 6.32. The molecule has 1 amide bonds. The van der Waals surface area contributed by atoms with Gasteiger partial charge >= 0.3 is 5.97 Å². The summed E-state index contributed by atoms with van der Waals surface area (Å²) in [5, 5.41) is 12.8. The van der Waals surface area contributed by atoms with Gasteiger partial charge in [0, 0.05) is 17.1 Å². The number of rotatable bonds is 7. The van der Waals surface area contributed by atoms with Crippen molar-refractivity contribution in [3.05, 3.63) is 81.6 Å². The second-order valence-electron chi connectivity index (χ2n) is 7.40. The van der Waals surface area contributed by atoms with E-state index in [1.54, 1.807) is 42.5 Å². The van der Waals surface area contributed by atoms with Gasteiger partial charge in [0.15, 0.2) is 0 Å². The fourth-order valence-corrected chi connectivity index (χ4v) is 3.74. The van der Waals surface area contributed by atoms with Crippen molar-refractivity contribution in [2.24, 2.45) is 0 Å². The van der Waals surface area contributed by atoms with Crippen LogP contribution in [-0.4, -0.2) is 30.2 Å². The summed E-state index contributed by atoms with van der Waals surface area (Å²) >= 11 is 6.42. The van der Waals surface area contributed by atoms with E-state index < -0.39 is 11.9 Å². The van der Waals surface area contributed by atoms with Gasteiger partial charge < -0.3 is 19.4 Å². The summed E-state index contributed by atoms with van der Waals surface area (Å²) in [5.74, 6) is -0.306. The summed E-state index contributed by atoms with van der Waals surface area (Å²) in [4.78, 5) is 24.7. The third-order valence-electron chi connectivity index (χ3n) is 5.17. The Hall–Kier alpha value is -4.02. The number of methoxy groups -OCH3 is 1. The van der Waals surface area contributed by atoms with Gasteiger partial charge in [0.25, 0.3) is 5.91 Å². The number of hydrogen-bond donors (Lipinski definition) is 1. The second kappa shape index (κ2) is 10.7. The minimum absolute atomic E-state index is 0.0523. The molecule has 0 spiro atoms. The maximum Gasteiger partial charge on any atom is 0.337 e. The number of aromatic nitrogens is 1. The van der Waals surface area contributed by atoms with Gasteiger partial charge in [0.05, 0.1) is 30.0 Å². The van der Waals surface area contributed by atoms with Crippen LogP contribution in [0.5, 0.6) is 5.75 Å². The number of ether oxygens (including phenoxy) is 2. The normalized spacial score (nSPS) is 11.0. The van der Waals surface area contributed by atoms with E-state index in [0.717, 1.165) is 11.4 Å². The summed E-state index contributed by atoms with van der Waals surface area (Å²) in [7, 11) is 1.31. The van der Waals surface area contributed by atoms with E-state index in [4.69, 9.17) is 21.1 Å². The van der Waals surface area contributed by atoms with Crippen LogP contribution in [0.2, 0.25) is 5.02 Å². The predicted octanol–water partition coefficient (Wildman–Crippen LogP) is 5.48. The fourth-order valence-electron chi connectivity index (χ4n) is 3.54. The molecule has 0 aliphatic rings. The Morgan fingerprint density at radius 3 is 2.47 bits per heavy atom. The SMILES string of the molecule is CCOc1ccc(NC(=O)/C(C#N)=C\c2cc(C)n(-c3cc(C(=O)OC)ccc3Cl)c2C)cc1. The molecule has 1 N–H and O–H groups in total. The maximum absolute atomic E-state index is 12.7. The summed E-state index contributed by atoms with van der Waals surface area (Å²) in [6, 6.07) is 15.6. The Morgan fingerprint density at radius 1 is 1.15 bits per heavy atom. The van der Waals surface area contributed by atoms with Crippen molar-refractivity contribution in [2.75, 3.05) is 19.0 Å². The van der Waals surface area contributed by atoms with Crippen LogP contribution in [0.3, 0.4) is 0 Å². The predicted molar refractivity (Wildman–Crippen MR) is 131 cm³/mol. The molecular weight excluding hydrogens is 454 g/mol. The maximum atomic E-state index is 12.7. The van der Waals surface area contributed by atoms with Crippen LogP contribution in [-0.2, 0) is 9.53 Å². The van der Waals surface area contributed by atoms with E-state index >= 15 is 0 Å². The lowest BCUT2D eigenvalue weighted by atomic mass is 10.1. The average molecular weight is 478 g/mol. The first kappa shape index (κ1) is 24.6. The molecule has 1 heterocycles. The number of amides is 1. The van der Waals surface area contributed by atoms with E-state index in [1.807, 2.05) is 37.5 Å². The lowest BCUT2D eigenvalue weighted by Crippen LogP contribution is -2.13. The molecule has 0 atom stereocenters. The number of esters is 1. The van der Waals surface area contributed by atoms with Crippen molar-refractivity contribution in [3.63, 3.8) is 0 Å². The first-order valence-corrected chi connectivity index (χ1v) is 10.9. The molecule has 1 aromatic heterocycles. The molecule has 0 radical (unpaired) electrons. The fraction of sp³-hybridized carbons (Fsp3) is 0.192. The van der Waals surface area contributed by atoms with Crippen LogP contribution < -0.4 is 10.1 Å². The molecule has 0 bridgehead atoms. The number of carbonyl (C=O) groups excluding carboxylic acids is 2. The number of nitrogens with one attached hydrogen (secondary N) is 1. The number of carbonyl (C=O) groups is 2. The number of nitrogens with zero attached hydrogens (tertiary/aromatic N) is 2. The molecule has 0 aliphatic carbocycles. The van der Waals surface area contributed by atoms with Crippen LogP contribution >= 0.6 is 11.6 Å². The van der Waals surface area contributed by atoms with Crippen molar-refractivity contribution in [1.82, 2.24) is 4.57 Å². The molecule has 174 valence electrons. The number of nitriles is 1. The first-order chi connectivity index (χ1) is 16.3. The van der Waals surface area contributed by atoms with Crippen molar-refractivity contribution < 1.29 is 19.1 Å². The van der Waals surface area contributed by atoms with E-state index in [0.29, 0.717) is 39.9 Å². The van der Waals surface area contributed by atoms with Crippen LogP contribution in [0.15, 0.2) is 54.1 Å². The largest absolute Gasteiger partial charge is 0.494 e. The van der Waals surface area contributed by atoms with Gasteiger partial charge in [0.2, 0.25) is 0 Å². The number of hydrogen-bond acceptors (Lipinski definition) is 5. The highest BCUT2D eigenvalue weighted by atomic mass is 35.5. The number of benzene rings is 2. The van der Waals surface area contributed by atoms with Crippen LogP contribution in [0, 0.1) is 25.2 Å². The summed E-state index contributed by atoms with van der Waals surface area (Å²) < 4.78 is 12.1. The van der Waals surface area contributed by atoms with E-state index in [9.17, 15) is 14.9 Å². The molecule has 0 aliphatic heterocycles. The molecule has 0 fully saturated rings. The number of aryl methyl sites for hydroxylation is 1. The van der Waals surface area contributed by atoms with Gasteiger partial charge in [-0.2, -0.15) is 5.26 Å². The number of halogens is 1. The molecule has 7 nitrogen and oxygen atoms in total. The van der Waals surface area contributed by atoms with Crippen molar-refractivity contribution in [2.45, 2.75) is 20.8 Å². The third kappa shape index (κ3) is 5.30. The molecule has 0 saturated heterocycles. The van der Waals surface area contributed by atoms with Gasteiger partial charge in [-0.05, 0) is 80.9 Å². The Labute approximate surface area is 203 Å². The lowest BCUT2D eigenvalue weighted by Gasteiger charge is -2.13. The Kier molecular flexibility index (Phi) is 7.77. The Bertz CT molecular complexity index is 1300. The zero-order valence-corrected chi connectivity index (χ0v) is 20.1. The molecule has 8 heteroatoms. The minimum Gasteiger partial charge on any atom is -0.494 e. The zero-order chi connectivity index (χ0) is 24.8. The van der Waals surface area contributed by atoms with Gasteiger partial charge in [0.1, 0.15) is 17.4 Å². The monoisotopic (exact) mass is 477 g/mol. The molecule has 3 aromatic rings. The Morgan fingerprint density at radius 2 is 1.85 bits per heavy atom. The topological polar surface area (TPSA) is 93.4 Å².